The van der Waals surface area contributed by atoms with Crippen molar-refractivity contribution in [2.24, 2.45) is 0 Å². The first-order chi connectivity index (χ1) is 10.4. The number of phenols is 1. The van der Waals surface area contributed by atoms with Crippen LogP contribution >= 0.6 is 0 Å². The fourth-order valence-electron chi connectivity index (χ4n) is 1.68. The number of carbonyl (C=O) groups excluding carboxylic acids is 3. The Balaban J connectivity index is 1.87. The predicted octanol–water partition coefficient (Wildman–Crippen LogP) is 1.23. The second-order valence-corrected chi connectivity index (χ2v) is 5.29. The van der Waals surface area contributed by atoms with Crippen molar-refractivity contribution in [2.75, 3.05) is 0 Å². The van der Waals surface area contributed by atoms with Crippen molar-refractivity contribution in [3.8, 4) is 5.75 Å². The summed E-state index contributed by atoms with van der Waals surface area (Å²) >= 11 is 0. The number of amides is 3. The molecular formula is C15H18N2O5. The summed E-state index contributed by atoms with van der Waals surface area (Å²) in [6.45, 7) is 3.06. The van der Waals surface area contributed by atoms with Crippen molar-refractivity contribution in [1.82, 2.24) is 10.6 Å². The van der Waals surface area contributed by atoms with Crippen molar-refractivity contribution < 1.29 is 24.2 Å². The Kier molecular flexibility index (Phi) is 4.65. The number of urea groups is 1. The molecule has 0 bridgehead atoms. The van der Waals surface area contributed by atoms with Gasteiger partial charge in [0.25, 0.3) is 5.91 Å². The summed E-state index contributed by atoms with van der Waals surface area (Å²) in [6, 6.07) is 3.86. The van der Waals surface area contributed by atoms with Crippen LogP contribution in [0.2, 0.25) is 0 Å². The topological polar surface area (TPSA) is 105 Å². The van der Waals surface area contributed by atoms with Gasteiger partial charge in [-0.1, -0.05) is 6.07 Å². The summed E-state index contributed by atoms with van der Waals surface area (Å²) in [5.74, 6) is -1.49. The molecule has 7 nitrogen and oxygen atoms in total. The lowest BCUT2D eigenvalue weighted by atomic mass is 10.1. The molecule has 0 heterocycles. The molecule has 0 saturated heterocycles. The molecule has 118 valence electrons. The van der Waals surface area contributed by atoms with Crippen molar-refractivity contribution in [2.45, 2.75) is 38.8 Å². The van der Waals surface area contributed by atoms with Crippen LogP contribution in [0.5, 0.6) is 5.75 Å². The van der Waals surface area contributed by atoms with Gasteiger partial charge in [-0.15, -0.1) is 0 Å². The number of aromatic hydroxyl groups is 1. The van der Waals surface area contributed by atoms with Crippen LogP contribution in [0, 0.1) is 6.92 Å². The zero-order chi connectivity index (χ0) is 16.3. The molecule has 22 heavy (non-hydrogen) atoms. The Labute approximate surface area is 127 Å². The lowest BCUT2D eigenvalue weighted by molar-refractivity contribution is -0.127. The quantitative estimate of drug-likeness (QED) is 0.726. The molecule has 0 radical (unpaired) electrons. The molecule has 0 spiro atoms. The zero-order valence-electron chi connectivity index (χ0n) is 12.4. The van der Waals surface area contributed by atoms with Gasteiger partial charge in [-0.3, -0.25) is 10.1 Å². The number of ether oxygens (including phenoxy) is 1. The number of hydrogen-bond donors (Lipinski definition) is 3. The highest BCUT2D eigenvalue weighted by Crippen LogP contribution is 2.19. The maximum absolute atomic E-state index is 11.9. The van der Waals surface area contributed by atoms with E-state index in [4.69, 9.17) is 4.74 Å². The summed E-state index contributed by atoms with van der Waals surface area (Å²) in [5.41, 5.74) is 0.754. The van der Waals surface area contributed by atoms with Crippen LogP contribution < -0.4 is 10.6 Å². The van der Waals surface area contributed by atoms with Crippen LogP contribution in [0.1, 0.15) is 35.7 Å². The molecule has 1 aliphatic carbocycles. The van der Waals surface area contributed by atoms with Gasteiger partial charge in [-0.25, -0.2) is 9.59 Å². The Morgan fingerprint density at radius 3 is 2.59 bits per heavy atom. The predicted molar refractivity (Wildman–Crippen MR) is 77.4 cm³/mol. The Morgan fingerprint density at radius 1 is 1.32 bits per heavy atom. The minimum Gasteiger partial charge on any atom is -0.508 e. The largest absolute Gasteiger partial charge is 0.508 e. The summed E-state index contributed by atoms with van der Waals surface area (Å²) in [6.07, 6.45) is 0.687. The van der Waals surface area contributed by atoms with Gasteiger partial charge in [0.1, 0.15) is 5.75 Å². The third kappa shape index (κ3) is 4.21. The third-order valence-electron chi connectivity index (χ3n) is 3.25. The molecule has 1 aliphatic rings. The molecular weight excluding hydrogens is 288 g/mol. The fourth-order valence-corrected chi connectivity index (χ4v) is 1.68. The molecule has 2 rings (SSSR count). The molecule has 7 heteroatoms. The van der Waals surface area contributed by atoms with E-state index in [2.05, 4.69) is 10.6 Å². The Bertz CT molecular complexity index is 610. The molecule has 3 amide bonds. The van der Waals surface area contributed by atoms with E-state index in [1.807, 2.05) is 0 Å². The van der Waals surface area contributed by atoms with Crippen molar-refractivity contribution in [3.63, 3.8) is 0 Å². The van der Waals surface area contributed by atoms with E-state index in [1.54, 1.807) is 13.0 Å². The first kappa shape index (κ1) is 15.8. The van der Waals surface area contributed by atoms with Crippen LogP contribution in [0.3, 0.4) is 0 Å². The maximum atomic E-state index is 11.9. The first-order valence-electron chi connectivity index (χ1n) is 6.99. The van der Waals surface area contributed by atoms with E-state index in [0.29, 0.717) is 5.56 Å². The Morgan fingerprint density at radius 2 is 2.00 bits per heavy atom. The Hall–Kier alpha value is -2.57. The third-order valence-corrected chi connectivity index (χ3v) is 3.25. The lowest BCUT2D eigenvalue weighted by Crippen LogP contribution is -2.45. The number of aryl methyl sites for hydroxylation is 1. The van der Waals surface area contributed by atoms with Crippen LogP contribution in [-0.4, -0.2) is 35.2 Å². The van der Waals surface area contributed by atoms with Gasteiger partial charge in [-0.05, 0) is 44.4 Å². The smallest absolute Gasteiger partial charge is 0.339 e. The second-order valence-electron chi connectivity index (χ2n) is 5.29. The molecule has 1 fully saturated rings. The van der Waals surface area contributed by atoms with Gasteiger partial charge in [-0.2, -0.15) is 0 Å². The number of hydrogen-bond acceptors (Lipinski definition) is 5. The average Bonchev–Trinajstić information content (AvgIpc) is 3.25. The monoisotopic (exact) mass is 306 g/mol. The number of imide groups is 1. The molecule has 1 aromatic carbocycles. The molecule has 0 aliphatic heterocycles. The highest BCUT2D eigenvalue weighted by molar-refractivity contribution is 5.98. The second kappa shape index (κ2) is 6.46. The summed E-state index contributed by atoms with van der Waals surface area (Å²) in [7, 11) is 0. The molecule has 0 aromatic heterocycles. The van der Waals surface area contributed by atoms with Gasteiger partial charge < -0.3 is 15.2 Å². The van der Waals surface area contributed by atoms with Gasteiger partial charge >= 0.3 is 12.0 Å². The molecule has 1 saturated carbocycles. The van der Waals surface area contributed by atoms with Crippen LogP contribution in [-0.2, 0) is 9.53 Å². The lowest BCUT2D eigenvalue weighted by Gasteiger charge is -2.13. The summed E-state index contributed by atoms with van der Waals surface area (Å²) in [5, 5.41) is 14.3. The van der Waals surface area contributed by atoms with Crippen LogP contribution in [0.15, 0.2) is 18.2 Å². The van der Waals surface area contributed by atoms with E-state index in [9.17, 15) is 19.5 Å². The number of benzene rings is 1. The summed E-state index contributed by atoms with van der Waals surface area (Å²) in [4.78, 5) is 35.1. The number of esters is 1. The standard InChI is InChI=1S/C15H18N2O5/c1-8-3-4-10(7-12(8)18)14(20)22-9(2)13(19)17-15(21)16-11-5-6-11/h3-4,7,9,11,18H,5-6H2,1-2H3,(H2,16,17,19,21). The summed E-state index contributed by atoms with van der Waals surface area (Å²) < 4.78 is 4.97. The number of carbonyl (C=O) groups is 3. The van der Waals surface area contributed by atoms with Crippen molar-refractivity contribution in [3.05, 3.63) is 29.3 Å². The number of rotatable bonds is 4. The molecule has 3 N–H and O–H groups in total. The minimum atomic E-state index is -1.12. The molecule has 1 aromatic rings. The SMILES string of the molecule is Cc1ccc(C(=O)OC(C)C(=O)NC(=O)NC2CC2)cc1O. The average molecular weight is 306 g/mol. The van der Waals surface area contributed by atoms with E-state index in [1.165, 1.54) is 19.1 Å². The molecule has 1 atom stereocenters. The van der Waals surface area contributed by atoms with Gasteiger partial charge in [0, 0.05) is 6.04 Å². The minimum absolute atomic E-state index is 0.0321. The number of phenolic OH excluding ortho intramolecular Hbond substituents is 1. The highest BCUT2D eigenvalue weighted by atomic mass is 16.5. The fraction of sp³-hybridized carbons (Fsp3) is 0.400. The van der Waals surface area contributed by atoms with E-state index in [0.717, 1.165) is 12.8 Å². The number of nitrogens with one attached hydrogen (secondary N) is 2. The normalized spacial score (nSPS) is 14.8. The maximum Gasteiger partial charge on any atom is 0.339 e. The molecule has 1 unspecified atom stereocenters. The first-order valence-corrected chi connectivity index (χ1v) is 6.99. The van der Waals surface area contributed by atoms with Crippen molar-refractivity contribution in [1.29, 1.82) is 0 Å². The highest BCUT2D eigenvalue weighted by Gasteiger charge is 2.26. The zero-order valence-corrected chi connectivity index (χ0v) is 12.4. The van der Waals surface area contributed by atoms with Crippen LogP contribution in [0.25, 0.3) is 0 Å². The van der Waals surface area contributed by atoms with Gasteiger partial charge in [0.05, 0.1) is 5.56 Å². The van der Waals surface area contributed by atoms with E-state index >= 15 is 0 Å². The van der Waals surface area contributed by atoms with E-state index in [-0.39, 0.29) is 17.4 Å². The van der Waals surface area contributed by atoms with Crippen molar-refractivity contribution >= 4 is 17.9 Å². The van der Waals surface area contributed by atoms with Gasteiger partial charge in [0.2, 0.25) is 0 Å². The van der Waals surface area contributed by atoms with Crippen LogP contribution in [0.4, 0.5) is 4.79 Å². The van der Waals surface area contributed by atoms with Gasteiger partial charge in [0.15, 0.2) is 6.10 Å². The van der Waals surface area contributed by atoms with E-state index < -0.39 is 24.0 Å².